The quantitative estimate of drug-likeness (QED) is 0.781. The Kier molecular flexibility index (Phi) is 5.29. The molecule has 1 N–H and O–H groups in total. The van der Waals surface area contributed by atoms with Crippen LogP contribution in [0, 0.1) is 5.92 Å². The summed E-state index contributed by atoms with van der Waals surface area (Å²) < 4.78 is 0. The van der Waals surface area contributed by atoms with Gasteiger partial charge in [0.25, 0.3) is 0 Å². The van der Waals surface area contributed by atoms with Gasteiger partial charge in [-0.1, -0.05) is 29.8 Å². The number of benzene rings is 1. The fourth-order valence-corrected chi connectivity index (χ4v) is 3.02. The lowest BCUT2D eigenvalue weighted by Crippen LogP contribution is -2.31. The van der Waals surface area contributed by atoms with Gasteiger partial charge in [0.05, 0.1) is 5.92 Å². The molecule has 1 aliphatic carbocycles. The zero-order valence-corrected chi connectivity index (χ0v) is 13.8. The van der Waals surface area contributed by atoms with Crippen molar-refractivity contribution in [2.24, 2.45) is 5.92 Å². The molecular weight excluding hydrogens is 308 g/mol. The van der Waals surface area contributed by atoms with E-state index in [1.54, 1.807) is 6.20 Å². The van der Waals surface area contributed by atoms with Crippen LogP contribution in [0.5, 0.6) is 0 Å². The van der Waals surface area contributed by atoms with Crippen LogP contribution in [0.1, 0.15) is 36.3 Å². The first kappa shape index (κ1) is 16.0. The van der Waals surface area contributed by atoms with E-state index < -0.39 is 0 Å². The standard InChI is InChI=1S/C19H21ClN2O/c20-17-9-7-16(8-10-17)18(15-5-6-15)19(23)22-12-2-4-14-3-1-11-21-13-14/h1,3,7-11,13,15,18H,2,4-6,12H2,(H,22,23). The predicted octanol–water partition coefficient (Wildman–Crippen LogP) is 3.98. The Balaban J connectivity index is 1.52. The van der Waals surface area contributed by atoms with Crippen LogP contribution in [-0.2, 0) is 11.2 Å². The number of carbonyl (C=O) groups excluding carboxylic acids is 1. The number of pyridine rings is 1. The maximum atomic E-state index is 12.6. The Labute approximate surface area is 142 Å². The molecule has 1 heterocycles. The third-order valence-corrected chi connectivity index (χ3v) is 4.52. The highest BCUT2D eigenvalue weighted by Crippen LogP contribution is 2.42. The second-order valence-electron chi connectivity index (χ2n) is 6.12. The molecule has 0 bridgehead atoms. The monoisotopic (exact) mass is 328 g/mol. The number of nitrogens with one attached hydrogen (secondary N) is 1. The van der Waals surface area contributed by atoms with Crippen LogP contribution in [0.3, 0.4) is 0 Å². The van der Waals surface area contributed by atoms with Crippen molar-refractivity contribution < 1.29 is 4.79 Å². The minimum absolute atomic E-state index is 0.0364. The molecule has 1 unspecified atom stereocenters. The fraction of sp³-hybridized carbons (Fsp3) is 0.368. The van der Waals surface area contributed by atoms with Crippen LogP contribution < -0.4 is 5.32 Å². The second kappa shape index (κ2) is 7.60. The molecule has 1 fully saturated rings. The van der Waals surface area contributed by atoms with Gasteiger partial charge in [-0.05, 0) is 60.9 Å². The first-order valence-electron chi connectivity index (χ1n) is 8.16. The number of aryl methyl sites for hydroxylation is 1. The average Bonchev–Trinajstić information content (AvgIpc) is 3.39. The minimum atomic E-state index is -0.0364. The molecule has 0 aliphatic heterocycles. The number of hydrogen-bond acceptors (Lipinski definition) is 2. The van der Waals surface area contributed by atoms with E-state index in [-0.39, 0.29) is 11.8 Å². The topological polar surface area (TPSA) is 42.0 Å². The van der Waals surface area contributed by atoms with E-state index in [2.05, 4.69) is 16.4 Å². The number of hydrogen-bond donors (Lipinski definition) is 1. The highest BCUT2D eigenvalue weighted by atomic mass is 35.5. The lowest BCUT2D eigenvalue weighted by atomic mass is 9.93. The van der Waals surface area contributed by atoms with E-state index in [1.807, 2.05) is 36.5 Å². The van der Waals surface area contributed by atoms with Gasteiger partial charge >= 0.3 is 0 Å². The Morgan fingerprint density at radius 1 is 1.26 bits per heavy atom. The van der Waals surface area contributed by atoms with Crippen LogP contribution in [0.25, 0.3) is 0 Å². The van der Waals surface area contributed by atoms with Crippen molar-refractivity contribution >= 4 is 17.5 Å². The summed E-state index contributed by atoms with van der Waals surface area (Å²) in [5.74, 6) is 0.584. The van der Waals surface area contributed by atoms with Crippen LogP contribution in [-0.4, -0.2) is 17.4 Å². The molecule has 0 radical (unpaired) electrons. The Morgan fingerprint density at radius 2 is 2.04 bits per heavy atom. The first-order valence-corrected chi connectivity index (χ1v) is 8.54. The van der Waals surface area contributed by atoms with Gasteiger partial charge in [0.1, 0.15) is 0 Å². The molecule has 1 amide bonds. The molecule has 1 saturated carbocycles. The van der Waals surface area contributed by atoms with Crippen LogP contribution in [0.2, 0.25) is 5.02 Å². The maximum Gasteiger partial charge on any atom is 0.227 e. The molecule has 1 aromatic carbocycles. The third-order valence-electron chi connectivity index (χ3n) is 4.27. The number of amides is 1. The van der Waals surface area contributed by atoms with Crippen molar-refractivity contribution in [1.29, 1.82) is 0 Å². The number of aromatic nitrogens is 1. The highest BCUT2D eigenvalue weighted by molar-refractivity contribution is 6.30. The minimum Gasteiger partial charge on any atom is -0.356 e. The van der Waals surface area contributed by atoms with E-state index in [1.165, 1.54) is 5.56 Å². The molecule has 2 aromatic rings. The summed E-state index contributed by atoms with van der Waals surface area (Å²) in [5, 5.41) is 3.80. The molecular formula is C19H21ClN2O. The van der Waals surface area contributed by atoms with Gasteiger partial charge in [-0.3, -0.25) is 9.78 Å². The summed E-state index contributed by atoms with van der Waals surface area (Å²) in [4.78, 5) is 16.7. The van der Waals surface area contributed by atoms with Crippen molar-refractivity contribution in [3.63, 3.8) is 0 Å². The van der Waals surface area contributed by atoms with E-state index in [0.29, 0.717) is 17.5 Å². The highest BCUT2D eigenvalue weighted by Gasteiger charge is 2.36. The molecule has 0 saturated heterocycles. The average molecular weight is 329 g/mol. The molecule has 3 rings (SSSR count). The van der Waals surface area contributed by atoms with Gasteiger partial charge in [0.15, 0.2) is 0 Å². The molecule has 1 aliphatic rings. The first-order chi connectivity index (χ1) is 11.2. The van der Waals surface area contributed by atoms with Crippen molar-refractivity contribution in [3.05, 3.63) is 64.9 Å². The van der Waals surface area contributed by atoms with E-state index in [0.717, 1.165) is 31.2 Å². The zero-order chi connectivity index (χ0) is 16.1. The van der Waals surface area contributed by atoms with Crippen LogP contribution in [0.4, 0.5) is 0 Å². The summed E-state index contributed by atoms with van der Waals surface area (Å²) in [7, 11) is 0. The summed E-state index contributed by atoms with van der Waals surface area (Å²) in [5.41, 5.74) is 2.28. The van der Waals surface area contributed by atoms with E-state index in [4.69, 9.17) is 11.6 Å². The number of nitrogens with zero attached hydrogens (tertiary/aromatic N) is 1. The predicted molar refractivity (Wildman–Crippen MR) is 92.5 cm³/mol. The lowest BCUT2D eigenvalue weighted by molar-refractivity contribution is -0.123. The van der Waals surface area contributed by atoms with E-state index >= 15 is 0 Å². The second-order valence-corrected chi connectivity index (χ2v) is 6.56. The summed E-state index contributed by atoms with van der Waals surface area (Å²) in [6.45, 7) is 0.699. The number of rotatable bonds is 7. The van der Waals surface area contributed by atoms with Crippen LogP contribution >= 0.6 is 11.6 Å². The van der Waals surface area contributed by atoms with Gasteiger partial charge in [-0.2, -0.15) is 0 Å². The molecule has 1 atom stereocenters. The Morgan fingerprint density at radius 3 is 2.70 bits per heavy atom. The number of carbonyl (C=O) groups is 1. The molecule has 120 valence electrons. The molecule has 4 heteroatoms. The third kappa shape index (κ3) is 4.55. The van der Waals surface area contributed by atoms with Gasteiger partial charge in [-0.15, -0.1) is 0 Å². The van der Waals surface area contributed by atoms with Gasteiger partial charge in [-0.25, -0.2) is 0 Å². The van der Waals surface area contributed by atoms with Crippen LogP contribution in [0.15, 0.2) is 48.8 Å². The normalized spacial score (nSPS) is 15.2. The smallest absolute Gasteiger partial charge is 0.227 e. The molecule has 1 aromatic heterocycles. The number of halogens is 1. The van der Waals surface area contributed by atoms with Gasteiger partial charge in [0.2, 0.25) is 5.91 Å². The van der Waals surface area contributed by atoms with Crippen molar-refractivity contribution in [2.75, 3.05) is 6.54 Å². The summed E-state index contributed by atoms with van der Waals surface area (Å²) in [6, 6.07) is 11.7. The van der Waals surface area contributed by atoms with Crippen molar-refractivity contribution in [1.82, 2.24) is 10.3 Å². The van der Waals surface area contributed by atoms with Gasteiger partial charge in [0, 0.05) is 24.0 Å². The molecule has 23 heavy (non-hydrogen) atoms. The fourth-order valence-electron chi connectivity index (χ4n) is 2.90. The SMILES string of the molecule is O=C(NCCCc1cccnc1)C(c1ccc(Cl)cc1)C1CC1. The Hall–Kier alpha value is -1.87. The summed E-state index contributed by atoms with van der Waals surface area (Å²) >= 11 is 5.95. The van der Waals surface area contributed by atoms with Crippen molar-refractivity contribution in [2.45, 2.75) is 31.6 Å². The largest absolute Gasteiger partial charge is 0.356 e. The van der Waals surface area contributed by atoms with E-state index in [9.17, 15) is 4.79 Å². The summed E-state index contributed by atoms with van der Waals surface area (Å²) in [6.07, 6.45) is 7.78. The zero-order valence-electron chi connectivity index (χ0n) is 13.0. The lowest BCUT2D eigenvalue weighted by Gasteiger charge is -2.17. The van der Waals surface area contributed by atoms with Crippen molar-refractivity contribution in [3.8, 4) is 0 Å². The molecule has 3 nitrogen and oxygen atoms in total. The molecule has 0 spiro atoms. The van der Waals surface area contributed by atoms with Gasteiger partial charge < -0.3 is 5.32 Å². The maximum absolute atomic E-state index is 12.6. The Bertz CT molecular complexity index is 638.